The van der Waals surface area contributed by atoms with Gasteiger partial charge in [-0.05, 0) is 133 Å². The maximum Gasteiger partial charge on any atom is 0.416 e. The normalized spacial score (nSPS) is 11.8. The van der Waals surface area contributed by atoms with Crippen LogP contribution in [0.25, 0.3) is 93.2 Å². The quantitative estimate of drug-likeness (QED) is 0.160. The summed E-state index contributed by atoms with van der Waals surface area (Å²) in [6.07, 6.45) is -4.50. The van der Waals surface area contributed by atoms with Gasteiger partial charge in [-0.1, -0.05) is 102 Å². The van der Waals surface area contributed by atoms with Crippen LogP contribution in [-0.4, -0.2) is 9.13 Å². The van der Waals surface area contributed by atoms with E-state index < -0.39 is 11.7 Å². The maximum absolute atomic E-state index is 14.2. The minimum atomic E-state index is -4.50. The summed E-state index contributed by atoms with van der Waals surface area (Å²) in [5, 5.41) is 14.0. The zero-order valence-electron chi connectivity index (χ0n) is 34.4. The third-order valence-electron chi connectivity index (χ3n) is 11.9. The van der Waals surface area contributed by atoms with E-state index in [1.54, 1.807) is 13.0 Å². The lowest BCUT2D eigenvalue weighted by molar-refractivity contribution is -0.137. The molecule has 4 nitrogen and oxygen atoms in total. The van der Waals surface area contributed by atoms with Crippen molar-refractivity contribution in [1.29, 1.82) is 5.26 Å². The number of halogens is 3. The highest BCUT2D eigenvalue weighted by molar-refractivity contribution is 6.13. The Morgan fingerprint density at radius 1 is 0.484 bits per heavy atom. The van der Waals surface area contributed by atoms with Gasteiger partial charge in [0.2, 0.25) is 0 Å². The summed E-state index contributed by atoms with van der Waals surface area (Å²) in [7, 11) is 0. The predicted molar refractivity (Wildman–Crippen MR) is 246 cm³/mol. The van der Waals surface area contributed by atoms with Gasteiger partial charge in [0.25, 0.3) is 0 Å². The highest BCUT2D eigenvalue weighted by Crippen LogP contribution is 2.45. The monoisotopic (exact) mass is 810 g/mol. The number of aromatic nitrogens is 2. The van der Waals surface area contributed by atoms with Gasteiger partial charge in [-0.25, -0.2) is 4.85 Å². The Kier molecular flexibility index (Phi) is 8.91. The molecule has 0 amide bonds. The lowest BCUT2D eigenvalue weighted by atomic mass is 9.97. The first-order valence-electron chi connectivity index (χ1n) is 20.3. The average molecular weight is 811 g/mol. The summed E-state index contributed by atoms with van der Waals surface area (Å²) in [6, 6.07) is 51.4. The lowest BCUT2D eigenvalue weighted by Crippen LogP contribution is -2.05. The average Bonchev–Trinajstić information content (AvgIpc) is 3.76. The summed E-state index contributed by atoms with van der Waals surface area (Å²) in [6.45, 7) is 16.4. The van der Waals surface area contributed by atoms with Crippen LogP contribution in [0, 0.1) is 45.6 Å². The van der Waals surface area contributed by atoms with E-state index in [-0.39, 0.29) is 0 Å². The number of nitriles is 1. The van der Waals surface area contributed by atoms with Gasteiger partial charge in [-0.2, -0.15) is 18.4 Å². The molecule has 298 valence electrons. The molecule has 62 heavy (non-hydrogen) atoms. The summed E-state index contributed by atoms with van der Waals surface area (Å²) < 4.78 is 46.9. The first kappa shape index (κ1) is 38.3. The van der Waals surface area contributed by atoms with Crippen LogP contribution in [0.4, 0.5) is 18.9 Å². The summed E-state index contributed by atoms with van der Waals surface area (Å²) in [5.41, 5.74) is 13.7. The second-order valence-electron chi connectivity index (χ2n) is 16.3. The topological polar surface area (TPSA) is 38.0 Å². The molecule has 0 bridgehead atoms. The van der Waals surface area contributed by atoms with E-state index >= 15 is 0 Å². The van der Waals surface area contributed by atoms with Crippen molar-refractivity contribution in [3.05, 3.63) is 196 Å². The Morgan fingerprint density at radius 3 is 1.52 bits per heavy atom. The molecule has 8 aromatic carbocycles. The fourth-order valence-electron chi connectivity index (χ4n) is 9.32. The third kappa shape index (κ3) is 6.38. The standard InChI is InChI=1S/C55H37F3N4/c1-32-18-33(2)21-39(20-32)37-14-16-46-44-11-7-9-13-50(44)62(52(46)27-37)54-30-48(60-5)47(41-23-34(3)19-36(25-41)31-59)29-53(54)61-49-12-8-6-10-43(49)45-17-15-38(28-51(45)61)40-22-35(4)24-42(26-40)55(56,57)58/h6-30H,1-4H3. The molecule has 2 aromatic heterocycles. The highest BCUT2D eigenvalue weighted by atomic mass is 19.4. The Bertz CT molecular complexity index is 3570. The SMILES string of the molecule is [C-]#[N+]c1cc(-n2c3ccccc3c3ccc(-c4cc(C)cc(C)c4)cc32)c(-n2c3ccccc3c3ccc(-c4cc(C)cc(C(F)(F)F)c4)cc32)cc1-c1cc(C)cc(C#N)c1. The largest absolute Gasteiger partial charge is 0.416 e. The van der Waals surface area contributed by atoms with Gasteiger partial charge in [-0.3, -0.25) is 0 Å². The fourth-order valence-corrected chi connectivity index (χ4v) is 9.32. The first-order chi connectivity index (χ1) is 29.9. The van der Waals surface area contributed by atoms with Gasteiger partial charge in [0.15, 0.2) is 5.69 Å². The second-order valence-corrected chi connectivity index (χ2v) is 16.3. The van der Waals surface area contributed by atoms with E-state index in [9.17, 15) is 18.4 Å². The Morgan fingerprint density at radius 2 is 0.968 bits per heavy atom. The summed E-state index contributed by atoms with van der Waals surface area (Å²) in [4.78, 5) is 4.14. The molecule has 0 aliphatic heterocycles. The van der Waals surface area contributed by atoms with E-state index in [0.29, 0.717) is 33.5 Å². The van der Waals surface area contributed by atoms with Crippen molar-refractivity contribution in [3.8, 4) is 50.8 Å². The predicted octanol–water partition coefficient (Wildman–Crippen LogP) is 15.6. The van der Waals surface area contributed by atoms with E-state index in [1.165, 1.54) is 23.3 Å². The van der Waals surface area contributed by atoms with Crippen molar-refractivity contribution in [2.45, 2.75) is 33.9 Å². The minimum Gasteiger partial charge on any atom is -0.308 e. The van der Waals surface area contributed by atoms with Crippen LogP contribution < -0.4 is 0 Å². The van der Waals surface area contributed by atoms with E-state index in [4.69, 9.17) is 6.57 Å². The Balaban J connectivity index is 1.35. The molecule has 0 saturated heterocycles. The van der Waals surface area contributed by atoms with Crippen molar-refractivity contribution in [2.24, 2.45) is 0 Å². The van der Waals surface area contributed by atoms with E-state index in [1.807, 2.05) is 79.7 Å². The van der Waals surface area contributed by atoms with Crippen molar-refractivity contribution in [2.75, 3.05) is 0 Å². The van der Waals surface area contributed by atoms with Gasteiger partial charge in [-0.15, -0.1) is 0 Å². The number of para-hydroxylation sites is 2. The molecule has 0 spiro atoms. The Labute approximate surface area is 356 Å². The van der Waals surface area contributed by atoms with Crippen LogP contribution in [-0.2, 0) is 6.18 Å². The van der Waals surface area contributed by atoms with Crippen LogP contribution in [0.15, 0.2) is 152 Å². The van der Waals surface area contributed by atoms with Crippen LogP contribution in [0.3, 0.4) is 0 Å². The second kappa shape index (κ2) is 14.4. The van der Waals surface area contributed by atoms with Gasteiger partial charge < -0.3 is 9.13 Å². The molecule has 2 heterocycles. The summed E-state index contributed by atoms with van der Waals surface area (Å²) in [5.74, 6) is 0. The molecule has 10 aromatic rings. The molecule has 7 heteroatoms. The van der Waals surface area contributed by atoms with Gasteiger partial charge >= 0.3 is 6.18 Å². The zero-order valence-corrected chi connectivity index (χ0v) is 34.4. The smallest absolute Gasteiger partial charge is 0.308 e. The van der Waals surface area contributed by atoms with Crippen molar-refractivity contribution >= 4 is 49.3 Å². The lowest BCUT2D eigenvalue weighted by Gasteiger charge is -2.20. The first-order valence-corrected chi connectivity index (χ1v) is 20.3. The van der Waals surface area contributed by atoms with Gasteiger partial charge in [0, 0.05) is 21.5 Å². The summed E-state index contributed by atoms with van der Waals surface area (Å²) >= 11 is 0. The molecule has 0 unspecified atom stereocenters. The molecule has 0 aliphatic carbocycles. The van der Waals surface area contributed by atoms with Gasteiger partial charge in [0.05, 0.1) is 57.2 Å². The number of fused-ring (bicyclic) bond motifs is 6. The molecular weight excluding hydrogens is 774 g/mol. The van der Waals surface area contributed by atoms with Crippen LogP contribution >= 0.6 is 0 Å². The molecule has 0 fully saturated rings. The Hall–Kier alpha value is -7.87. The number of rotatable bonds is 5. The number of nitrogens with zero attached hydrogens (tertiary/aromatic N) is 4. The van der Waals surface area contributed by atoms with Crippen LogP contribution in [0.5, 0.6) is 0 Å². The molecule has 0 N–H and O–H groups in total. The highest BCUT2D eigenvalue weighted by Gasteiger charge is 2.31. The maximum atomic E-state index is 14.2. The molecule has 0 saturated carbocycles. The number of alkyl halides is 3. The van der Waals surface area contributed by atoms with Crippen molar-refractivity contribution in [1.82, 2.24) is 9.13 Å². The molecular formula is C55H37F3N4. The number of hydrogen-bond acceptors (Lipinski definition) is 1. The molecule has 0 aliphatic rings. The number of aryl methyl sites for hydroxylation is 4. The molecule has 0 atom stereocenters. The van der Waals surface area contributed by atoms with Crippen molar-refractivity contribution in [3.63, 3.8) is 0 Å². The molecule has 10 rings (SSSR count). The fraction of sp³-hybridized carbons (Fsp3) is 0.0909. The molecule has 0 radical (unpaired) electrons. The zero-order chi connectivity index (χ0) is 43.0. The van der Waals surface area contributed by atoms with Gasteiger partial charge in [0.1, 0.15) is 0 Å². The van der Waals surface area contributed by atoms with Crippen LogP contribution in [0.1, 0.15) is 33.4 Å². The van der Waals surface area contributed by atoms with Crippen LogP contribution in [0.2, 0.25) is 0 Å². The number of benzene rings is 8. The number of hydrogen-bond donors (Lipinski definition) is 0. The third-order valence-corrected chi connectivity index (χ3v) is 11.9. The van der Waals surface area contributed by atoms with E-state index in [0.717, 1.165) is 77.2 Å². The van der Waals surface area contributed by atoms with Crippen molar-refractivity contribution < 1.29 is 13.2 Å². The minimum absolute atomic E-state index is 0.413. The van der Waals surface area contributed by atoms with E-state index in [2.05, 4.69) is 94.6 Å².